The van der Waals surface area contributed by atoms with E-state index in [2.05, 4.69) is 22.8 Å². The van der Waals surface area contributed by atoms with Gasteiger partial charge in [0, 0.05) is 31.2 Å². The Morgan fingerprint density at radius 2 is 1.79 bits per heavy atom. The van der Waals surface area contributed by atoms with Crippen LogP contribution in [0.4, 0.5) is 0 Å². The molecule has 1 saturated heterocycles. The van der Waals surface area contributed by atoms with Crippen LogP contribution in [0.15, 0.2) is 72.8 Å². The number of rotatable bonds is 9. The van der Waals surface area contributed by atoms with Gasteiger partial charge in [-0.2, -0.15) is 0 Å². The predicted molar refractivity (Wildman–Crippen MR) is 137 cm³/mol. The van der Waals surface area contributed by atoms with Crippen LogP contribution < -0.4 is 16.4 Å². The number of carbonyl (C=O) groups is 2. The van der Waals surface area contributed by atoms with E-state index < -0.39 is 0 Å². The normalized spacial score (nSPS) is 18.6. The Labute approximate surface area is 201 Å². The van der Waals surface area contributed by atoms with Crippen LogP contribution in [0.2, 0.25) is 0 Å². The lowest BCUT2D eigenvalue weighted by Crippen LogP contribution is -2.49. The molecule has 6 nitrogen and oxygen atoms in total. The highest BCUT2D eigenvalue weighted by molar-refractivity contribution is 5.98. The zero-order valence-corrected chi connectivity index (χ0v) is 19.6. The fourth-order valence-electron chi connectivity index (χ4n) is 4.55. The maximum atomic E-state index is 13.2. The molecule has 1 aliphatic heterocycles. The fraction of sp³-hybridized carbons (Fsp3) is 0.357. The van der Waals surface area contributed by atoms with Crippen molar-refractivity contribution in [3.8, 4) is 0 Å². The van der Waals surface area contributed by atoms with E-state index in [0.29, 0.717) is 38.2 Å². The van der Waals surface area contributed by atoms with Gasteiger partial charge in [0.05, 0.1) is 6.04 Å². The topological polar surface area (TPSA) is 87.5 Å². The first-order valence-electron chi connectivity index (χ1n) is 12.2. The van der Waals surface area contributed by atoms with Gasteiger partial charge in [0.1, 0.15) is 0 Å². The summed E-state index contributed by atoms with van der Waals surface area (Å²) in [5.74, 6) is 0.0373. The lowest BCUT2D eigenvalue weighted by atomic mass is 10.1. The van der Waals surface area contributed by atoms with Crippen molar-refractivity contribution in [2.75, 3.05) is 26.2 Å². The summed E-state index contributed by atoms with van der Waals surface area (Å²) in [4.78, 5) is 28.0. The molecule has 178 valence electrons. The van der Waals surface area contributed by atoms with Gasteiger partial charge < -0.3 is 21.3 Å². The Morgan fingerprint density at radius 1 is 1.03 bits per heavy atom. The average molecular weight is 459 g/mol. The summed E-state index contributed by atoms with van der Waals surface area (Å²) < 4.78 is 0. The molecular formula is C28H34N4O2. The van der Waals surface area contributed by atoms with Gasteiger partial charge in [-0.25, -0.2) is 0 Å². The van der Waals surface area contributed by atoms with Crippen molar-refractivity contribution in [2.45, 2.75) is 37.8 Å². The van der Waals surface area contributed by atoms with E-state index in [1.165, 1.54) is 5.56 Å². The van der Waals surface area contributed by atoms with Crippen LogP contribution in [0.1, 0.15) is 35.2 Å². The molecule has 1 fully saturated rings. The largest absolute Gasteiger partial charge is 0.350 e. The predicted octanol–water partition coefficient (Wildman–Crippen LogP) is 3.11. The van der Waals surface area contributed by atoms with E-state index >= 15 is 0 Å². The molecule has 34 heavy (non-hydrogen) atoms. The van der Waals surface area contributed by atoms with Crippen LogP contribution in [0.3, 0.4) is 0 Å². The fourth-order valence-corrected chi connectivity index (χ4v) is 4.55. The molecule has 4 rings (SSSR count). The van der Waals surface area contributed by atoms with Gasteiger partial charge in [0.2, 0.25) is 5.91 Å². The Balaban J connectivity index is 1.37. The van der Waals surface area contributed by atoms with Gasteiger partial charge in [-0.05, 0) is 60.7 Å². The number of nitrogens with two attached hydrogens (primary N) is 1. The molecule has 1 aliphatic rings. The van der Waals surface area contributed by atoms with E-state index in [9.17, 15) is 9.59 Å². The van der Waals surface area contributed by atoms with Gasteiger partial charge >= 0.3 is 0 Å². The zero-order valence-electron chi connectivity index (χ0n) is 19.6. The van der Waals surface area contributed by atoms with Crippen molar-refractivity contribution in [3.05, 3.63) is 83.9 Å². The zero-order chi connectivity index (χ0) is 23.8. The summed E-state index contributed by atoms with van der Waals surface area (Å²) in [5.41, 5.74) is 7.60. The number of carbonyl (C=O) groups excluding carboxylic acids is 2. The Bertz CT molecular complexity index is 1100. The molecule has 0 bridgehead atoms. The van der Waals surface area contributed by atoms with E-state index in [4.69, 9.17) is 5.73 Å². The quantitative estimate of drug-likeness (QED) is 0.460. The molecule has 2 amide bonds. The molecule has 0 spiro atoms. The lowest BCUT2D eigenvalue weighted by Gasteiger charge is -2.24. The summed E-state index contributed by atoms with van der Waals surface area (Å²) in [6, 6.07) is 23.8. The minimum atomic E-state index is -0.274. The molecule has 0 aromatic heterocycles. The van der Waals surface area contributed by atoms with Crippen LogP contribution >= 0.6 is 0 Å². The molecule has 1 heterocycles. The number of benzene rings is 3. The molecule has 6 heteroatoms. The number of amides is 2. The molecule has 0 radical (unpaired) electrons. The number of nitrogens with one attached hydrogen (secondary N) is 2. The third-order valence-corrected chi connectivity index (χ3v) is 6.52. The van der Waals surface area contributed by atoms with E-state index in [1.54, 1.807) is 0 Å². The van der Waals surface area contributed by atoms with E-state index in [1.807, 2.05) is 65.6 Å². The molecular weight excluding hydrogens is 424 g/mol. The summed E-state index contributed by atoms with van der Waals surface area (Å²) in [6.07, 6.45) is 3.11. The third kappa shape index (κ3) is 6.22. The number of nitrogens with zero attached hydrogens (tertiary/aromatic N) is 1. The van der Waals surface area contributed by atoms with Crippen molar-refractivity contribution < 1.29 is 9.59 Å². The first-order valence-corrected chi connectivity index (χ1v) is 12.2. The van der Waals surface area contributed by atoms with Crippen molar-refractivity contribution in [2.24, 2.45) is 5.73 Å². The molecule has 0 unspecified atom stereocenters. The Kier molecular flexibility index (Phi) is 8.28. The average Bonchev–Trinajstić information content (AvgIpc) is 3.03. The molecule has 3 aromatic carbocycles. The number of fused-ring (bicyclic) bond motifs is 1. The van der Waals surface area contributed by atoms with Crippen LogP contribution in [-0.2, 0) is 11.2 Å². The Hall–Kier alpha value is -3.22. The lowest BCUT2D eigenvalue weighted by molar-refractivity contribution is -0.132. The van der Waals surface area contributed by atoms with Crippen molar-refractivity contribution in [1.82, 2.24) is 15.5 Å². The molecule has 0 saturated carbocycles. The van der Waals surface area contributed by atoms with Crippen LogP contribution in [-0.4, -0.2) is 55.0 Å². The Morgan fingerprint density at radius 3 is 2.59 bits per heavy atom. The van der Waals surface area contributed by atoms with E-state index in [0.717, 1.165) is 30.0 Å². The number of hydrogen-bond acceptors (Lipinski definition) is 4. The molecule has 3 aromatic rings. The van der Waals surface area contributed by atoms with Gasteiger partial charge in [0.25, 0.3) is 5.91 Å². The standard InChI is InChI=1S/C28H34N4O2/c29-16-6-11-26-28(34)32(17-14-21-7-2-1-3-8-21)18-15-25(31-26)20-30-27(33)24-13-12-22-9-4-5-10-23(22)19-24/h1-5,7-10,12-13,19,25-26,31H,6,11,14-18,20,29H2,(H,30,33)/t25-,26-/m0/s1. The van der Waals surface area contributed by atoms with Crippen molar-refractivity contribution in [3.63, 3.8) is 0 Å². The second kappa shape index (κ2) is 11.8. The maximum Gasteiger partial charge on any atom is 0.251 e. The van der Waals surface area contributed by atoms with Crippen molar-refractivity contribution in [1.29, 1.82) is 0 Å². The highest BCUT2D eigenvalue weighted by Gasteiger charge is 2.30. The highest BCUT2D eigenvalue weighted by atomic mass is 16.2. The smallest absolute Gasteiger partial charge is 0.251 e. The highest BCUT2D eigenvalue weighted by Crippen LogP contribution is 2.16. The van der Waals surface area contributed by atoms with Gasteiger partial charge in [-0.15, -0.1) is 0 Å². The molecule has 2 atom stereocenters. The first kappa shape index (κ1) is 23.9. The first-order chi connectivity index (χ1) is 16.6. The molecule has 4 N–H and O–H groups in total. The van der Waals surface area contributed by atoms with Crippen LogP contribution in [0, 0.1) is 0 Å². The molecule has 0 aliphatic carbocycles. The van der Waals surface area contributed by atoms with Crippen LogP contribution in [0.5, 0.6) is 0 Å². The van der Waals surface area contributed by atoms with Gasteiger partial charge in [-0.3, -0.25) is 9.59 Å². The summed E-state index contributed by atoms with van der Waals surface area (Å²) in [6.45, 7) is 2.40. The van der Waals surface area contributed by atoms with Crippen molar-refractivity contribution >= 4 is 22.6 Å². The minimum Gasteiger partial charge on any atom is -0.350 e. The SMILES string of the molecule is NCCC[C@@H]1N[C@H](CNC(=O)c2ccc3ccccc3c2)CCN(CCc2ccccc2)C1=O. The number of hydrogen-bond donors (Lipinski definition) is 3. The van der Waals surface area contributed by atoms with E-state index in [-0.39, 0.29) is 23.9 Å². The summed E-state index contributed by atoms with van der Waals surface area (Å²) in [5, 5.41) is 8.73. The maximum absolute atomic E-state index is 13.2. The van der Waals surface area contributed by atoms with Gasteiger partial charge in [-0.1, -0.05) is 60.7 Å². The van der Waals surface area contributed by atoms with Gasteiger partial charge in [0.15, 0.2) is 0 Å². The summed E-state index contributed by atoms with van der Waals surface area (Å²) >= 11 is 0. The van der Waals surface area contributed by atoms with Crippen LogP contribution in [0.25, 0.3) is 10.8 Å². The second-order valence-corrected chi connectivity index (χ2v) is 8.97. The monoisotopic (exact) mass is 458 g/mol. The second-order valence-electron chi connectivity index (χ2n) is 8.97. The minimum absolute atomic E-state index is 0.0258. The summed E-state index contributed by atoms with van der Waals surface area (Å²) in [7, 11) is 0. The third-order valence-electron chi connectivity index (χ3n) is 6.52.